The molecule has 3 heteroatoms. The van der Waals surface area contributed by atoms with Gasteiger partial charge in [0.15, 0.2) is 0 Å². The zero-order valence-corrected chi connectivity index (χ0v) is 22.0. The van der Waals surface area contributed by atoms with Crippen LogP contribution in [0.5, 0.6) is 0 Å². The van der Waals surface area contributed by atoms with Gasteiger partial charge >= 0.3 is 6.09 Å². The number of hydrogen-bond acceptors (Lipinski definition) is 2. The standard InChI is InChI=1S/C30H49NO2/c1-7-31-28(32)33-23-15-17-29(5)22(19-23)11-12-24-26-14-13-25(21(4)10-8-9-20(2)3)30(26,6)18-16-27(24)29/h7,11,20-21,23-27H,1,8-10,12-19H2,2-6H3,(H,31,32)/t21-,23+,24+,25-,26+,27+,29+,30-/m1/s1. The molecule has 0 aromatic carbocycles. The lowest BCUT2D eigenvalue weighted by Crippen LogP contribution is -2.51. The maximum atomic E-state index is 11.9. The van der Waals surface area contributed by atoms with E-state index in [1.54, 1.807) is 5.57 Å². The summed E-state index contributed by atoms with van der Waals surface area (Å²) in [6.07, 6.45) is 17.9. The third-order valence-electron chi connectivity index (χ3n) is 10.8. The van der Waals surface area contributed by atoms with Gasteiger partial charge < -0.3 is 4.74 Å². The van der Waals surface area contributed by atoms with Crippen molar-refractivity contribution >= 4 is 6.09 Å². The molecule has 0 unspecified atom stereocenters. The quantitative estimate of drug-likeness (QED) is 0.392. The second-order valence-corrected chi connectivity index (χ2v) is 12.9. The Morgan fingerprint density at radius 2 is 1.94 bits per heavy atom. The van der Waals surface area contributed by atoms with Crippen molar-refractivity contribution in [1.82, 2.24) is 5.32 Å². The minimum Gasteiger partial charge on any atom is -0.446 e. The van der Waals surface area contributed by atoms with Crippen molar-refractivity contribution in [2.45, 2.75) is 111 Å². The number of rotatable bonds is 7. The van der Waals surface area contributed by atoms with Crippen LogP contribution in [0.2, 0.25) is 0 Å². The van der Waals surface area contributed by atoms with Gasteiger partial charge in [-0.2, -0.15) is 0 Å². The monoisotopic (exact) mass is 455 g/mol. The predicted molar refractivity (Wildman–Crippen MR) is 137 cm³/mol. The first kappa shape index (κ1) is 24.9. The molecule has 0 radical (unpaired) electrons. The fourth-order valence-corrected chi connectivity index (χ4v) is 9.02. The molecule has 3 saturated carbocycles. The summed E-state index contributed by atoms with van der Waals surface area (Å²) >= 11 is 0. The lowest BCUT2D eigenvalue weighted by atomic mass is 9.47. The molecule has 4 rings (SSSR count). The van der Waals surface area contributed by atoms with Crippen LogP contribution in [0.3, 0.4) is 0 Å². The summed E-state index contributed by atoms with van der Waals surface area (Å²) in [5, 5.41) is 2.56. The molecule has 1 amide bonds. The Labute approximate surface area is 203 Å². The molecule has 4 aliphatic carbocycles. The topological polar surface area (TPSA) is 38.3 Å². The normalized spacial score (nSPS) is 40.8. The van der Waals surface area contributed by atoms with Gasteiger partial charge in [-0.25, -0.2) is 4.79 Å². The van der Waals surface area contributed by atoms with Crippen LogP contribution in [0.15, 0.2) is 24.4 Å². The number of hydrogen-bond donors (Lipinski definition) is 1. The Bertz CT molecular complexity index is 756. The van der Waals surface area contributed by atoms with E-state index < -0.39 is 0 Å². The van der Waals surface area contributed by atoms with E-state index in [2.05, 4.69) is 52.6 Å². The molecule has 0 aromatic heterocycles. The number of alkyl carbamates (subject to hydrolysis) is 1. The summed E-state index contributed by atoms with van der Waals surface area (Å²) in [6.45, 7) is 16.1. The maximum Gasteiger partial charge on any atom is 0.411 e. The number of ether oxygens (including phenoxy) is 1. The van der Waals surface area contributed by atoms with Gasteiger partial charge in [-0.1, -0.05) is 72.1 Å². The number of allylic oxidation sites excluding steroid dienone is 1. The minimum atomic E-state index is -0.360. The van der Waals surface area contributed by atoms with E-state index in [1.165, 1.54) is 57.6 Å². The molecule has 3 nitrogen and oxygen atoms in total. The van der Waals surface area contributed by atoms with E-state index in [1.807, 2.05) is 0 Å². The van der Waals surface area contributed by atoms with Crippen molar-refractivity contribution in [2.24, 2.45) is 46.3 Å². The Hall–Kier alpha value is -1.25. The highest BCUT2D eigenvalue weighted by atomic mass is 16.6. The molecule has 33 heavy (non-hydrogen) atoms. The van der Waals surface area contributed by atoms with Gasteiger partial charge in [0.05, 0.1) is 0 Å². The fraction of sp³-hybridized carbons (Fsp3) is 0.833. The van der Waals surface area contributed by atoms with Crippen LogP contribution in [0.4, 0.5) is 4.79 Å². The SMILES string of the molecule is C=CNC(=O)O[C@H]1CC[C@@]2(C)C(=CC[C@H]3[C@@H]4CC[C@H]([C@H](C)CCCC(C)C)[C@@]4(C)CC[C@@H]32)C1. The van der Waals surface area contributed by atoms with Crippen LogP contribution < -0.4 is 5.32 Å². The zero-order chi connectivity index (χ0) is 23.8. The minimum absolute atomic E-state index is 0.0113. The Morgan fingerprint density at radius 3 is 2.67 bits per heavy atom. The molecule has 3 fully saturated rings. The summed E-state index contributed by atoms with van der Waals surface area (Å²) < 4.78 is 5.67. The van der Waals surface area contributed by atoms with Gasteiger partial charge in [-0.3, -0.25) is 5.32 Å². The molecule has 0 aliphatic heterocycles. The van der Waals surface area contributed by atoms with Crippen LogP contribution in [-0.2, 0) is 4.74 Å². The highest BCUT2D eigenvalue weighted by Gasteiger charge is 2.59. The third-order valence-corrected chi connectivity index (χ3v) is 10.8. The van der Waals surface area contributed by atoms with Crippen LogP contribution in [0.25, 0.3) is 0 Å². The number of carbonyl (C=O) groups is 1. The van der Waals surface area contributed by atoms with Crippen LogP contribution >= 0.6 is 0 Å². The Balaban J connectivity index is 1.44. The van der Waals surface area contributed by atoms with E-state index in [4.69, 9.17) is 4.74 Å². The van der Waals surface area contributed by atoms with E-state index in [0.29, 0.717) is 10.8 Å². The van der Waals surface area contributed by atoms with Crippen molar-refractivity contribution in [3.05, 3.63) is 24.4 Å². The summed E-state index contributed by atoms with van der Waals surface area (Å²) in [4.78, 5) is 11.9. The molecular weight excluding hydrogens is 406 g/mol. The number of amides is 1. The average Bonchev–Trinajstić information content (AvgIpc) is 3.11. The molecule has 8 atom stereocenters. The van der Waals surface area contributed by atoms with Gasteiger partial charge in [0.1, 0.15) is 6.10 Å². The van der Waals surface area contributed by atoms with E-state index in [0.717, 1.165) is 54.8 Å². The first-order valence-electron chi connectivity index (χ1n) is 14.0. The van der Waals surface area contributed by atoms with E-state index in [-0.39, 0.29) is 12.2 Å². The smallest absolute Gasteiger partial charge is 0.411 e. The number of fused-ring (bicyclic) bond motifs is 5. The summed E-state index contributed by atoms with van der Waals surface area (Å²) in [6, 6.07) is 0. The first-order valence-corrected chi connectivity index (χ1v) is 14.0. The molecule has 186 valence electrons. The summed E-state index contributed by atoms with van der Waals surface area (Å²) in [7, 11) is 0. The van der Waals surface area contributed by atoms with Gasteiger partial charge in [-0.15, -0.1) is 0 Å². The number of carbonyl (C=O) groups excluding carboxylic acids is 1. The van der Waals surface area contributed by atoms with E-state index in [9.17, 15) is 4.79 Å². The molecule has 0 spiro atoms. The zero-order valence-electron chi connectivity index (χ0n) is 22.0. The third kappa shape index (κ3) is 4.67. The Morgan fingerprint density at radius 1 is 1.15 bits per heavy atom. The predicted octanol–water partition coefficient (Wildman–Crippen LogP) is 8.27. The van der Waals surface area contributed by atoms with Crippen LogP contribution in [0, 0.1) is 46.3 Å². The fourth-order valence-electron chi connectivity index (χ4n) is 9.02. The lowest BCUT2D eigenvalue weighted by Gasteiger charge is -2.58. The molecule has 0 bridgehead atoms. The number of nitrogens with one attached hydrogen (secondary N) is 1. The average molecular weight is 456 g/mol. The highest BCUT2D eigenvalue weighted by molar-refractivity contribution is 5.68. The summed E-state index contributed by atoms with van der Waals surface area (Å²) in [5.41, 5.74) is 2.43. The van der Waals surface area contributed by atoms with E-state index >= 15 is 0 Å². The van der Waals surface area contributed by atoms with Crippen molar-refractivity contribution in [3.8, 4) is 0 Å². The Kier molecular flexibility index (Phi) is 7.37. The maximum absolute atomic E-state index is 11.9. The van der Waals surface area contributed by atoms with Gasteiger partial charge in [0.2, 0.25) is 0 Å². The second-order valence-electron chi connectivity index (χ2n) is 12.9. The first-order chi connectivity index (χ1) is 15.7. The molecule has 0 saturated heterocycles. The molecular formula is C30H49NO2. The van der Waals surface area contributed by atoms with Crippen molar-refractivity contribution in [3.63, 3.8) is 0 Å². The molecule has 0 heterocycles. The lowest BCUT2D eigenvalue weighted by molar-refractivity contribution is -0.0580. The van der Waals surface area contributed by atoms with Crippen LogP contribution in [0.1, 0.15) is 105 Å². The van der Waals surface area contributed by atoms with Crippen molar-refractivity contribution < 1.29 is 9.53 Å². The molecule has 1 N–H and O–H groups in total. The second kappa shape index (κ2) is 9.78. The van der Waals surface area contributed by atoms with Crippen molar-refractivity contribution in [2.75, 3.05) is 0 Å². The van der Waals surface area contributed by atoms with Gasteiger partial charge in [0, 0.05) is 6.42 Å². The van der Waals surface area contributed by atoms with Crippen LogP contribution in [-0.4, -0.2) is 12.2 Å². The molecule has 0 aromatic rings. The highest BCUT2D eigenvalue weighted by Crippen LogP contribution is 2.67. The molecule has 4 aliphatic rings. The van der Waals surface area contributed by atoms with Gasteiger partial charge in [0.25, 0.3) is 0 Å². The summed E-state index contributed by atoms with van der Waals surface area (Å²) in [5.74, 6) is 5.19. The van der Waals surface area contributed by atoms with Crippen molar-refractivity contribution in [1.29, 1.82) is 0 Å². The largest absolute Gasteiger partial charge is 0.446 e. The van der Waals surface area contributed by atoms with Gasteiger partial charge in [-0.05, 0) is 97.5 Å².